The van der Waals surface area contributed by atoms with Crippen LogP contribution in [0.4, 0.5) is 22.0 Å². The first-order valence-electron chi connectivity index (χ1n) is 9.99. The number of aromatic nitrogens is 6. The molecular weight excluding hydrogens is 415 g/mol. The number of benzene rings is 1. The fraction of sp³-hybridized carbons (Fsp3) is 0.238. The lowest BCUT2D eigenvalue weighted by Gasteiger charge is -2.17. The Bertz CT molecular complexity index is 1240. The summed E-state index contributed by atoms with van der Waals surface area (Å²) in [5, 5.41) is 3.95. The van der Waals surface area contributed by atoms with E-state index in [-0.39, 0.29) is 35.3 Å². The molecule has 0 spiro atoms. The molecule has 0 unspecified atom stereocenters. The monoisotopic (exact) mass is 434 g/mol. The van der Waals surface area contributed by atoms with Gasteiger partial charge in [0.15, 0.2) is 0 Å². The average Bonchev–Trinajstić information content (AvgIpc) is 3.50. The second-order valence-corrected chi connectivity index (χ2v) is 7.42. The van der Waals surface area contributed by atoms with Gasteiger partial charge in [0, 0.05) is 25.0 Å². The minimum absolute atomic E-state index is 0.0292. The average molecular weight is 434 g/mol. The molecule has 1 aromatic carbocycles. The molecule has 10 nitrogen and oxygen atoms in total. The molecule has 0 bridgehead atoms. The van der Waals surface area contributed by atoms with Crippen molar-refractivity contribution >= 4 is 17.6 Å². The molecule has 0 radical (unpaired) electrons. The number of nitrogens with two attached hydrogens (primary N) is 1. The lowest BCUT2D eigenvalue weighted by Crippen LogP contribution is -2.15. The van der Waals surface area contributed by atoms with Gasteiger partial charge in [0.25, 0.3) is 5.89 Å². The number of nitrogen functional groups attached to an aromatic ring is 1. The highest BCUT2D eigenvalue weighted by atomic mass is 19.1. The minimum Gasteiger partial charge on any atom is -0.477 e. The Morgan fingerprint density at radius 1 is 1.12 bits per heavy atom. The molecular formula is C21H19FN8O2. The Labute approximate surface area is 182 Å². The third-order valence-corrected chi connectivity index (χ3v) is 4.91. The topological polar surface area (TPSA) is 129 Å². The normalized spacial score (nSPS) is 13.2. The van der Waals surface area contributed by atoms with Crippen molar-refractivity contribution in [2.24, 2.45) is 5.92 Å². The van der Waals surface area contributed by atoms with Gasteiger partial charge in [-0.2, -0.15) is 19.9 Å². The van der Waals surface area contributed by atoms with Crippen LogP contribution in [0.3, 0.4) is 0 Å². The lowest BCUT2D eigenvalue weighted by molar-refractivity contribution is 0.288. The van der Waals surface area contributed by atoms with E-state index in [0.717, 1.165) is 0 Å². The van der Waals surface area contributed by atoms with Crippen molar-refractivity contribution in [3.63, 3.8) is 0 Å². The second kappa shape index (κ2) is 8.17. The summed E-state index contributed by atoms with van der Waals surface area (Å²) in [5.41, 5.74) is 7.03. The van der Waals surface area contributed by atoms with E-state index >= 15 is 0 Å². The third-order valence-electron chi connectivity index (χ3n) is 4.91. The number of hydrogen-bond donors (Lipinski definition) is 1. The predicted molar refractivity (Wildman–Crippen MR) is 113 cm³/mol. The van der Waals surface area contributed by atoms with Crippen molar-refractivity contribution in [2.45, 2.75) is 12.8 Å². The molecule has 162 valence electrons. The van der Waals surface area contributed by atoms with Crippen LogP contribution < -0.4 is 15.4 Å². The summed E-state index contributed by atoms with van der Waals surface area (Å²) in [4.78, 5) is 22.8. The first kappa shape index (κ1) is 19.8. The van der Waals surface area contributed by atoms with Gasteiger partial charge in [0.1, 0.15) is 5.82 Å². The predicted octanol–water partition coefficient (Wildman–Crippen LogP) is 3.26. The fourth-order valence-electron chi connectivity index (χ4n) is 2.94. The largest absolute Gasteiger partial charge is 0.477 e. The van der Waals surface area contributed by atoms with Crippen LogP contribution in [0, 0.1) is 11.7 Å². The summed E-state index contributed by atoms with van der Waals surface area (Å²) in [5.74, 6) is 1.52. The molecule has 1 aliphatic rings. The zero-order chi connectivity index (χ0) is 22.1. The SMILES string of the molecule is CN(c1cccc(F)c1)c1nc(N)nc(-c2noc(-c3ccc(OCC4CC4)nc3)n2)n1. The Morgan fingerprint density at radius 3 is 2.75 bits per heavy atom. The smallest absolute Gasteiger partial charge is 0.259 e. The standard InChI is InChI=1S/C21H19FN8O2/c1-30(15-4-2-3-14(22)9-15)21-27-17(26-20(23)28-21)18-25-19(32-29-18)13-7-8-16(24-10-13)31-11-12-5-6-12/h2-4,7-10,12H,5-6,11H2,1H3,(H2,23,26,27,28). The summed E-state index contributed by atoms with van der Waals surface area (Å²) in [6.07, 6.45) is 4.03. The number of halogens is 1. The van der Waals surface area contributed by atoms with Crippen molar-refractivity contribution in [3.05, 3.63) is 48.4 Å². The minimum atomic E-state index is -0.378. The van der Waals surface area contributed by atoms with Gasteiger partial charge in [0.05, 0.1) is 12.2 Å². The number of nitrogens with zero attached hydrogens (tertiary/aromatic N) is 7. The van der Waals surface area contributed by atoms with Crippen molar-refractivity contribution in [1.29, 1.82) is 0 Å². The van der Waals surface area contributed by atoms with E-state index in [9.17, 15) is 4.39 Å². The van der Waals surface area contributed by atoms with E-state index < -0.39 is 0 Å². The fourth-order valence-corrected chi connectivity index (χ4v) is 2.94. The first-order chi connectivity index (χ1) is 15.5. The van der Waals surface area contributed by atoms with E-state index in [4.69, 9.17) is 15.0 Å². The van der Waals surface area contributed by atoms with Crippen LogP contribution >= 0.6 is 0 Å². The van der Waals surface area contributed by atoms with E-state index in [1.165, 1.54) is 25.0 Å². The molecule has 1 aliphatic carbocycles. The number of anilines is 3. The first-order valence-corrected chi connectivity index (χ1v) is 9.99. The zero-order valence-electron chi connectivity index (χ0n) is 17.1. The van der Waals surface area contributed by atoms with Gasteiger partial charge < -0.3 is 19.9 Å². The molecule has 3 aromatic heterocycles. The maximum Gasteiger partial charge on any atom is 0.259 e. The number of ether oxygens (including phenoxy) is 1. The molecule has 1 saturated carbocycles. The molecule has 1 fully saturated rings. The molecule has 5 rings (SSSR count). The molecule has 0 saturated heterocycles. The quantitative estimate of drug-likeness (QED) is 0.462. The maximum atomic E-state index is 13.6. The van der Waals surface area contributed by atoms with Gasteiger partial charge in [0.2, 0.25) is 29.4 Å². The van der Waals surface area contributed by atoms with Gasteiger partial charge in [-0.05, 0) is 43.0 Å². The van der Waals surface area contributed by atoms with Gasteiger partial charge >= 0.3 is 0 Å². The van der Waals surface area contributed by atoms with E-state index in [1.807, 2.05) is 0 Å². The Hall–Kier alpha value is -4.15. The molecule has 3 heterocycles. The van der Waals surface area contributed by atoms with Crippen LogP contribution in [-0.2, 0) is 0 Å². The summed E-state index contributed by atoms with van der Waals surface area (Å²) < 4.78 is 24.6. The summed E-state index contributed by atoms with van der Waals surface area (Å²) >= 11 is 0. The highest BCUT2D eigenvalue weighted by Gasteiger charge is 2.22. The van der Waals surface area contributed by atoms with Crippen molar-refractivity contribution in [1.82, 2.24) is 30.1 Å². The zero-order valence-corrected chi connectivity index (χ0v) is 17.1. The third kappa shape index (κ3) is 4.31. The van der Waals surface area contributed by atoms with Crippen molar-refractivity contribution in [3.8, 4) is 29.0 Å². The molecule has 11 heteroatoms. The van der Waals surface area contributed by atoms with Crippen LogP contribution in [0.1, 0.15) is 12.8 Å². The Morgan fingerprint density at radius 2 is 2.00 bits per heavy atom. The molecule has 0 aliphatic heterocycles. The molecule has 4 aromatic rings. The lowest BCUT2D eigenvalue weighted by atomic mass is 10.3. The Kier molecular flexibility index (Phi) is 5.06. The maximum absolute atomic E-state index is 13.6. The van der Waals surface area contributed by atoms with Crippen LogP contribution in [0.15, 0.2) is 47.1 Å². The van der Waals surface area contributed by atoms with Crippen LogP contribution in [0.2, 0.25) is 0 Å². The molecule has 0 amide bonds. The molecule has 2 N–H and O–H groups in total. The van der Waals surface area contributed by atoms with Crippen molar-refractivity contribution < 1.29 is 13.7 Å². The summed E-state index contributed by atoms with van der Waals surface area (Å²) in [7, 11) is 1.69. The number of pyridine rings is 1. The number of hydrogen-bond acceptors (Lipinski definition) is 10. The summed E-state index contributed by atoms with van der Waals surface area (Å²) in [6.45, 7) is 0.685. The van der Waals surface area contributed by atoms with Crippen molar-refractivity contribution in [2.75, 3.05) is 24.3 Å². The van der Waals surface area contributed by atoms with Gasteiger partial charge in [-0.3, -0.25) is 0 Å². The highest BCUT2D eigenvalue weighted by Crippen LogP contribution is 2.29. The van der Waals surface area contributed by atoms with Crippen LogP contribution in [0.25, 0.3) is 23.1 Å². The Balaban J connectivity index is 1.37. The van der Waals surface area contributed by atoms with E-state index in [2.05, 4.69) is 30.1 Å². The second-order valence-electron chi connectivity index (χ2n) is 7.42. The van der Waals surface area contributed by atoms with Crippen LogP contribution in [0.5, 0.6) is 5.88 Å². The molecule has 32 heavy (non-hydrogen) atoms. The van der Waals surface area contributed by atoms with Gasteiger partial charge in [-0.1, -0.05) is 11.2 Å². The van der Waals surface area contributed by atoms with E-state index in [0.29, 0.717) is 29.7 Å². The number of rotatable bonds is 7. The van der Waals surface area contributed by atoms with E-state index in [1.54, 1.807) is 42.4 Å². The molecule has 0 atom stereocenters. The van der Waals surface area contributed by atoms with Gasteiger partial charge in [-0.15, -0.1) is 0 Å². The highest BCUT2D eigenvalue weighted by molar-refractivity contribution is 5.60. The van der Waals surface area contributed by atoms with Gasteiger partial charge in [-0.25, -0.2) is 9.37 Å². The summed E-state index contributed by atoms with van der Waals surface area (Å²) in [6, 6.07) is 9.57. The van der Waals surface area contributed by atoms with Crippen LogP contribution in [-0.4, -0.2) is 43.7 Å².